The smallest absolute Gasteiger partial charge is 0.449 e. The molecule has 4 aliphatic rings. The van der Waals surface area contributed by atoms with Crippen molar-refractivity contribution in [3.63, 3.8) is 0 Å². The molecular formula is C25H35NO4. The topological polar surface area (TPSA) is 75.6 Å². The van der Waals surface area contributed by atoms with Gasteiger partial charge in [0, 0.05) is 10.8 Å². The predicted octanol–water partition coefficient (Wildman–Crippen LogP) is 5.44. The Kier molecular flexibility index (Phi) is 4.94. The van der Waals surface area contributed by atoms with Crippen molar-refractivity contribution in [2.45, 2.75) is 72.8 Å². The summed E-state index contributed by atoms with van der Waals surface area (Å²) in [6, 6.07) is -0.445. The number of nitrogens with one attached hydrogen (secondary N) is 1. The highest BCUT2D eigenvalue weighted by molar-refractivity contribution is 5.82. The molecule has 4 unspecified atom stereocenters. The van der Waals surface area contributed by atoms with Gasteiger partial charge in [0.1, 0.15) is 5.76 Å². The number of ether oxygens (including phenoxy) is 1. The lowest BCUT2D eigenvalue weighted by molar-refractivity contribution is -0.129. The zero-order valence-corrected chi connectivity index (χ0v) is 18.8. The lowest BCUT2D eigenvalue weighted by Gasteiger charge is -2.54. The first kappa shape index (κ1) is 21.2. The molecule has 0 spiro atoms. The minimum absolute atomic E-state index is 0.0988. The fourth-order valence-corrected chi connectivity index (χ4v) is 6.48. The summed E-state index contributed by atoms with van der Waals surface area (Å²) in [7, 11) is 0. The van der Waals surface area contributed by atoms with E-state index >= 15 is 0 Å². The van der Waals surface area contributed by atoms with Crippen molar-refractivity contribution in [3.8, 4) is 0 Å². The zero-order valence-electron chi connectivity index (χ0n) is 18.8. The third-order valence-corrected chi connectivity index (χ3v) is 8.21. The summed E-state index contributed by atoms with van der Waals surface area (Å²) >= 11 is 0. The van der Waals surface area contributed by atoms with Gasteiger partial charge in [-0.3, -0.25) is 4.79 Å². The normalized spacial score (nSPS) is 39.8. The maximum absolute atomic E-state index is 12.7. The average molecular weight is 414 g/mol. The largest absolute Gasteiger partial charge is 0.511 e. The third kappa shape index (κ3) is 3.40. The molecule has 6 atom stereocenters. The molecule has 0 aromatic rings. The van der Waals surface area contributed by atoms with E-state index in [-0.39, 0.29) is 11.3 Å². The molecule has 0 aromatic heterocycles. The Balaban J connectivity index is 1.70. The maximum atomic E-state index is 12.7. The van der Waals surface area contributed by atoms with Crippen LogP contribution in [0.1, 0.15) is 66.7 Å². The van der Waals surface area contributed by atoms with Gasteiger partial charge in [-0.15, -0.1) is 0 Å². The van der Waals surface area contributed by atoms with E-state index in [4.69, 9.17) is 4.74 Å². The Morgan fingerprint density at radius 1 is 1.27 bits per heavy atom. The van der Waals surface area contributed by atoms with Crippen LogP contribution in [0, 0.1) is 34.0 Å². The monoisotopic (exact) mass is 413 g/mol. The molecule has 1 saturated carbocycles. The molecule has 4 aliphatic carbocycles. The molecule has 0 heterocycles. The van der Waals surface area contributed by atoms with Crippen molar-refractivity contribution < 1.29 is 19.4 Å². The highest BCUT2D eigenvalue weighted by Gasteiger charge is 2.54. The van der Waals surface area contributed by atoms with E-state index in [1.54, 1.807) is 0 Å². The minimum atomic E-state index is -1.34. The first-order valence-corrected chi connectivity index (χ1v) is 11.3. The van der Waals surface area contributed by atoms with Gasteiger partial charge >= 0.3 is 6.16 Å². The fraction of sp³-hybridized carbons (Fsp3) is 0.680. The van der Waals surface area contributed by atoms with Gasteiger partial charge in [0.05, 0.1) is 6.04 Å². The second kappa shape index (κ2) is 7.00. The van der Waals surface area contributed by atoms with Crippen LogP contribution in [0.5, 0.6) is 0 Å². The summed E-state index contributed by atoms with van der Waals surface area (Å²) in [5.41, 5.74) is 0.749. The highest BCUT2D eigenvalue weighted by atomic mass is 16.7. The molecule has 1 fully saturated rings. The minimum Gasteiger partial charge on any atom is -0.449 e. The molecule has 4 rings (SSSR count). The molecule has 0 aromatic carbocycles. The van der Waals surface area contributed by atoms with E-state index in [9.17, 15) is 14.7 Å². The number of carbonyl (C=O) groups is 2. The van der Waals surface area contributed by atoms with Crippen molar-refractivity contribution in [3.05, 3.63) is 35.6 Å². The van der Waals surface area contributed by atoms with Crippen molar-refractivity contribution >= 4 is 12.1 Å². The Labute approximate surface area is 179 Å². The van der Waals surface area contributed by atoms with Crippen LogP contribution in [0.4, 0.5) is 4.79 Å². The maximum Gasteiger partial charge on any atom is 0.511 e. The van der Waals surface area contributed by atoms with Crippen LogP contribution < -0.4 is 5.32 Å². The molecule has 5 nitrogen and oxygen atoms in total. The van der Waals surface area contributed by atoms with E-state index in [1.165, 1.54) is 19.3 Å². The number of carboxylic acid groups (broad SMARTS) is 1. The molecular weight excluding hydrogens is 378 g/mol. The number of hydrogen-bond acceptors (Lipinski definition) is 3. The van der Waals surface area contributed by atoms with Gasteiger partial charge in [-0.2, -0.15) is 0 Å². The van der Waals surface area contributed by atoms with Crippen molar-refractivity contribution in [1.82, 2.24) is 5.32 Å². The van der Waals surface area contributed by atoms with E-state index in [0.29, 0.717) is 35.3 Å². The molecule has 5 heteroatoms. The quantitative estimate of drug-likeness (QED) is 0.467. The van der Waals surface area contributed by atoms with Crippen LogP contribution in [0.3, 0.4) is 0 Å². The van der Waals surface area contributed by atoms with Gasteiger partial charge in [-0.1, -0.05) is 59.3 Å². The van der Waals surface area contributed by atoms with Gasteiger partial charge in [0.25, 0.3) is 0 Å². The second-order valence-corrected chi connectivity index (χ2v) is 11.3. The molecule has 0 aliphatic heterocycles. The zero-order chi connectivity index (χ0) is 21.9. The summed E-state index contributed by atoms with van der Waals surface area (Å²) in [6.45, 7) is 10.3. The number of amides is 1. The molecule has 30 heavy (non-hydrogen) atoms. The van der Waals surface area contributed by atoms with Gasteiger partial charge in [-0.25, -0.2) is 4.79 Å². The second-order valence-electron chi connectivity index (χ2n) is 11.3. The van der Waals surface area contributed by atoms with Gasteiger partial charge in [-0.05, 0) is 60.5 Å². The van der Waals surface area contributed by atoms with E-state index in [2.05, 4.69) is 37.4 Å². The summed E-state index contributed by atoms with van der Waals surface area (Å²) in [6.07, 6.45) is 13.2. The summed E-state index contributed by atoms with van der Waals surface area (Å²) in [4.78, 5) is 24.1. The van der Waals surface area contributed by atoms with Gasteiger partial charge < -0.3 is 15.2 Å². The number of carbonyl (C=O) groups excluding carboxylic acids is 1. The Hall–Kier alpha value is -2.04. The Morgan fingerprint density at radius 3 is 2.67 bits per heavy atom. The number of hydrogen-bond donors (Lipinski definition) is 2. The van der Waals surface area contributed by atoms with Crippen LogP contribution >= 0.6 is 0 Å². The first-order chi connectivity index (χ1) is 13.9. The van der Waals surface area contributed by atoms with Crippen molar-refractivity contribution in [2.75, 3.05) is 0 Å². The van der Waals surface area contributed by atoms with Crippen LogP contribution in [0.2, 0.25) is 0 Å². The highest BCUT2D eigenvalue weighted by Crippen LogP contribution is 2.62. The molecule has 2 N–H and O–H groups in total. The lowest BCUT2D eigenvalue weighted by Crippen LogP contribution is -2.52. The van der Waals surface area contributed by atoms with Gasteiger partial charge in [0.15, 0.2) is 0 Å². The number of allylic oxidation sites excluding steroid dienone is 5. The molecule has 0 saturated heterocycles. The molecule has 0 bridgehead atoms. The van der Waals surface area contributed by atoms with Crippen LogP contribution in [0.25, 0.3) is 0 Å². The number of fused-ring (bicyclic) bond motifs is 5. The van der Waals surface area contributed by atoms with E-state index in [0.717, 1.165) is 12.0 Å². The SMILES string of the molecule is CC(C)(C)C(=O)NC1C[C@@]2(C)C(=CCC3C2C=C[C@]2(C)CCCC32)C=C1OC(=O)O. The lowest BCUT2D eigenvalue weighted by atomic mass is 9.51. The summed E-state index contributed by atoms with van der Waals surface area (Å²) in [5, 5.41) is 12.3. The van der Waals surface area contributed by atoms with Crippen LogP contribution in [-0.4, -0.2) is 23.2 Å². The van der Waals surface area contributed by atoms with E-state index in [1.807, 2.05) is 26.8 Å². The molecule has 164 valence electrons. The fourth-order valence-electron chi connectivity index (χ4n) is 6.48. The third-order valence-electron chi connectivity index (χ3n) is 8.21. The molecule has 0 radical (unpaired) electrons. The average Bonchev–Trinajstić information content (AvgIpc) is 3.03. The van der Waals surface area contributed by atoms with E-state index < -0.39 is 17.6 Å². The summed E-state index contributed by atoms with van der Waals surface area (Å²) < 4.78 is 5.14. The van der Waals surface area contributed by atoms with Crippen LogP contribution in [-0.2, 0) is 9.53 Å². The van der Waals surface area contributed by atoms with Crippen molar-refractivity contribution in [2.24, 2.45) is 34.0 Å². The summed E-state index contributed by atoms with van der Waals surface area (Å²) in [5.74, 6) is 1.92. The standard InChI is InChI=1S/C25H35NO4/c1-23(2,3)21(27)26-19-14-25(5)15(13-20(19)30-22(28)29)8-9-16-17-7-6-11-24(17,4)12-10-18(16)25/h8,10,12-13,16-19H,6-7,9,11,14H2,1-5H3,(H,26,27)(H,28,29)/t16?,17?,18?,19?,24-,25-/m0/s1. The Bertz CT molecular complexity index is 848. The number of rotatable bonds is 2. The predicted molar refractivity (Wildman–Crippen MR) is 116 cm³/mol. The van der Waals surface area contributed by atoms with Crippen LogP contribution in [0.15, 0.2) is 35.6 Å². The first-order valence-electron chi connectivity index (χ1n) is 11.3. The Morgan fingerprint density at radius 2 is 2.00 bits per heavy atom. The molecule has 1 amide bonds. The van der Waals surface area contributed by atoms with Gasteiger partial charge in [0.2, 0.25) is 5.91 Å². The van der Waals surface area contributed by atoms with Crippen molar-refractivity contribution in [1.29, 1.82) is 0 Å².